The Kier molecular flexibility index (Phi) is 5.10. The van der Waals surface area contributed by atoms with E-state index in [1.165, 1.54) is 0 Å². The highest BCUT2D eigenvalue weighted by Gasteiger charge is 2.17. The van der Waals surface area contributed by atoms with Gasteiger partial charge in [-0.3, -0.25) is 0 Å². The summed E-state index contributed by atoms with van der Waals surface area (Å²) in [5.41, 5.74) is 2.87. The number of aliphatic hydroxyl groups excluding tert-OH is 1. The van der Waals surface area contributed by atoms with Crippen molar-refractivity contribution >= 4 is 11.6 Å². The van der Waals surface area contributed by atoms with E-state index < -0.39 is 6.10 Å². The molecule has 112 valence electrons. The number of methoxy groups -OCH3 is 1. The van der Waals surface area contributed by atoms with E-state index in [1.807, 2.05) is 26.0 Å². The number of hydrogen-bond acceptors (Lipinski definition) is 3. The predicted octanol–water partition coefficient (Wildman–Crippen LogP) is 4.08. The molecule has 0 saturated carbocycles. The zero-order valence-corrected chi connectivity index (χ0v) is 13.1. The maximum absolute atomic E-state index is 10.3. The molecule has 1 unspecified atom stereocenters. The molecular weight excluding hydrogens is 288 g/mol. The third-order valence-electron chi connectivity index (χ3n) is 3.47. The van der Waals surface area contributed by atoms with E-state index in [0.717, 1.165) is 16.7 Å². The van der Waals surface area contributed by atoms with Crippen LogP contribution in [0.1, 0.15) is 22.8 Å². The van der Waals surface area contributed by atoms with Crippen LogP contribution in [-0.2, 0) is 0 Å². The molecule has 2 aromatic rings. The first-order chi connectivity index (χ1) is 10.0. The molecular formula is C17H19ClO3. The smallest absolute Gasteiger partial charge is 0.127 e. The maximum atomic E-state index is 10.3. The lowest BCUT2D eigenvalue weighted by atomic mass is 10.0. The highest BCUT2D eigenvalue weighted by Crippen LogP contribution is 2.31. The molecule has 21 heavy (non-hydrogen) atoms. The quantitative estimate of drug-likeness (QED) is 0.904. The summed E-state index contributed by atoms with van der Waals surface area (Å²) in [6.07, 6.45) is -0.766. The van der Waals surface area contributed by atoms with Crippen LogP contribution in [-0.4, -0.2) is 18.8 Å². The average molecular weight is 307 g/mol. The van der Waals surface area contributed by atoms with Crippen LogP contribution in [0.5, 0.6) is 11.5 Å². The molecule has 1 atom stereocenters. The number of hydrogen-bond donors (Lipinski definition) is 1. The van der Waals surface area contributed by atoms with Crippen molar-refractivity contribution < 1.29 is 14.6 Å². The average Bonchev–Trinajstić information content (AvgIpc) is 2.47. The second kappa shape index (κ2) is 6.83. The van der Waals surface area contributed by atoms with Gasteiger partial charge in [-0.2, -0.15) is 0 Å². The van der Waals surface area contributed by atoms with E-state index in [-0.39, 0.29) is 6.61 Å². The minimum absolute atomic E-state index is 0.138. The first kappa shape index (κ1) is 15.7. The lowest BCUT2D eigenvalue weighted by Gasteiger charge is -2.18. The molecule has 0 aromatic heterocycles. The fourth-order valence-corrected chi connectivity index (χ4v) is 2.35. The number of ether oxygens (including phenoxy) is 2. The summed E-state index contributed by atoms with van der Waals surface area (Å²) < 4.78 is 11.0. The third kappa shape index (κ3) is 3.69. The van der Waals surface area contributed by atoms with Crippen LogP contribution in [0.15, 0.2) is 36.4 Å². The summed E-state index contributed by atoms with van der Waals surface area (Å²) in [4.78, 5) is 0. The fourth-order valence-electron chi connectivity index (χ4n) is 2.17. The highest BCUT2D eigenvalue weighted by molar-refractivity contribution is 6.30. The number of rotatable bonds is 5. The molecule has 0 heterocycles. The van der Waals surface area contributed by atoms with Gasteiger partial charge in [0, 0.05) is 10.6 Å². The predicted molar refractivity (Wildman–Crippen MR) is 84.4 cm³/mol. The van der Waals surface area contributed by atoms with Gasteiger partial charge in [0.1, 0.15) is 24.2 Å². The van der Waals surface area contributed by atoms with Gasteiger partial charge in [0.05, 0.1) is 7.11 Å². The van der Waals surface area contributed by atoms with Crippen molar-refractivity contribution in [1.29, 1.82) is 0 Å². The zero-order chi connectivity index (χ0) is 15.4. The lowest BCUT2D eigenvalue weighted by molar-refractivity contribution is 0.105. The second-order valence-electron chi connectivity index (χ2n) is 4.91. The fraction of sp³-hybridized carbons (Fsp3) is 0.294. The molecule has 0 aliphatic heterocycles. The molecule has 0 aliphatic carbocycles. The van der Waals surface area contributed by atoms with Gasteiger partial charge in [-0.25, -0.2) is 0 Å². The van der Waals surface area contributed by atoms with Crippen LogP contribution in [0.4, 0.5) is 0 Å². The van der Waals surface area contributed by atoms with E-state index in [0.29, 0.717) is 16.5 Å². The Morgan fingerprint density at radius 3 is 2.62 bits per heavy atom. The van der Waals surface area contributed by atoms with Gasteiger partial charge in [0.15, 0.2) is 0 Å². The summed E-state index contributed by atoms with van der Waals surface area (Å²) in [7, 11) is 1.61. The maximum Gasteiger partial charge on any atom is 0.127 e. The van der Waals surface area contributed by atoms with E-state index in [9.17, 15) is 5.11 Å². The van der Waals surface area contributed by atoms with Crippen molar-refractivity contribution in [3.8, 4) is 11.5 Å². The van der Waals surface area contributed by atoms with Crippen molar-refractivity contribution in [1.82, 2.24) is 0 Å². The van der Waals surface area contributed by atoms with Gasteiger partial charge in [-0.1, -0.05) is 29.8 Å². The van der Waals surface area contributed by atoms with Crippen molar-refractivity contribution in [3.63, 3.8) is 0 Å². The molecule has 0 spiro atoms. The van der Waals surface area contributed by atoms with E-state index in [4.69, 9.17) is 21.1 Å². The summed E-state index contributed by atoms with van der Waals surface area (Å²) in [5.74, 6) is 1.33. The Balaban J connectivity index is 2.13. The summed E-state index contributed by atoms with van der Waals surface area (Å²) in [5, 5.41) is 10.9. The number of aryl methyl sites for hydroxylation is 1. The van der Waals surface area contributed by atoms with Crippen LogP contribution in [0, 0.1) is 13.8 Å². The van der Waals surface area contributed by atoms with Crippen LogP contribution >= 0.6 is 11.6 Å². The Hall–Kier alpha value is -1.71. The van der Waals surface area contributed by atoms with E-state index in [1.54, 1.807) is 31.4 Å². The van der Waals surface area contributed by atoms with Gasteiger partial charge in [-0.15, -0.1) is 0 Å². The van der Waals surface area contributed by atoms with Crippen LogP contribution in [0.3, 0.4) is 0 Å². The van der Waals surface area contributed by atoms with Crippen molar-refractivity contribution in [3.05, 3.63) is 58.1 Å². The largest absolute Gasteiger partial charge is 0.496 e. The molecule has 0 amide bonds. The Bertz CT molecular complexity index is 625. The van der Waals surface area contributed by atoms with Gasteiger partial charge in [0.2, 0.25) is 0 Å². The highest BCUT2D eigenvalue weighted by atomic mass is 35.5. The molecule has 0 aliphatic rings. The summed E-state index contributed by atoms with van der Waals surface area (Å²) >= 11 is 5.90. The Labute approximate surface area is 130 Å². The minimum atomic E-state index is -0.766. The molecule has 2 rings (SSSR count). The number of benzene rings is 2. The molecule has 1 N–H and O–H groups in total. The number of aliphatic hydroxyl groups is 1. The van der Waals surface area contributed by atoms with Crippen molar-refractivity contribution in [2.24, 2.45) is 0 Å². The lowest BCUT2D eigenvalue weighted by Crippen LogP contribution is -2.11. The summed E-state index contributed by atoms with van der Waals surface area (Å²) in [6, 6.07) is 10.9. The van der Waals surface area contributed by atoms with Crippen LogP contribution < -0.4 is 9.47 Å². The van der Waals surface area contributed by atoms with Crippen molar-refractivity contribution in [2.45, 2.75) is 20.0 Å². The Morgan fingerprint density at radius 2 is 1.95 bits per heavy atom. The van der Waals surface area contributed by atoms with Gasteiger partial charge < -0.3 is 14.6 Å². The van der Waals surface area contributed by atoms with E-state index in [2.05, 4.69) is 0 Å². The molecule has 4 heteroatoms. The first-order valence-corrected chi connectivity index (χ1v) is 7.11. The van der Waals surface area contributed by atoms with Crippen LogP contribution in [0.2, 0.25) is 5.02 Å². The van der Waals surface area contributed by atoms with E-state index >= 15 is 0 Å². The molecule has 0 fully saturated rings. The third-order valence-corrected chi connectivity index (χ3v) is 3.71. The second-order valence-corrected chi connectivity index (χ2v) is 5.35. The Morgan fingerprint density at radius 1 is 1.19 bits per heavy atom. The molecule has 0 saturated heterocycles. The molecule has 0 radical (unpaired) electrons. The monoisotopic (exact) mass is 306 g/mol. The standard InChI is InChI=1S/C17H19ClO3/c1-11-7-8-15(17(20-3)12(11)2)16(19)10-21-14-6-4-5-13(18)9-14/h4-9,16,19H,10H2,1-3H3. The summed E-state index contributed by atoms with van der Waals surface area (Å²) in [6.45, 7) is 4.12. The zero-order valence-electron chi connectivity index (χ0n) is 12.4. The normalized spacial score (nSPS) is 12.0. The van der Waals surface area contributed by atoms with Crippen LogP contribution in [0.25, 0.3) is 0 Å². The minimum Gasteiger partial charge on any atom is -0.496 e. The SMILES string of the molecule is COc1c(C(O)COc2cccc(Cl)c2)ccc(C)c1C. The van der Waals surface area contributed by atoms with Gasteiger partial charge in [-0.05, 0) is 43.2 Å². The van der Waals surface area contributed by atoms with Gasteiger partial charge >= 0.3 is 0 Å². The first-order valence-electron chi connectivity index (χ1n) is 6.73. The molecule has 2 aromatic carbocycles. The molecule has 0 bridgehead atoms. The molecule has 3 nitrogen and oxygen atoms in total. The topological polar surface area (TPSA) is 38.7 Å². The van der Waals surface area contributed by atoms with Gasteiger partial charge in [0.25, 0.3) is 0 Å². The van der Waals surface area contributed by atoms with Crippen molar-refractivity contribution in [2.75, 3.05) is 13.7 Å². The number of halogens is 1.